The van der Waals surface area contributed by atoms with Crippen molar-refractivity contribution in [2.75, 3.05) is 18.6 Å². The summed E-state index contributed by atoms with van der Waals surface area (Å²) in [6, 6.07) is 5.82. The Kier molecular flexibility index (Phi) is 3.66. The summed E-state index contributed by atoms with van der Waals surface area (Å²) in [4.78, 5) is 22.2. The molecule has 11 heteroatoms. The van der Waals surface area contributed by atoms with Crippen LogP contribution in [-0.2, 0) is 0 Å². The molecule has 0 saturated heterocycles. The third kappa shape index (κ3) is 2.65. The predicted octanol–water partition coefficient (Wildman–Crippen LogP) is 1.27. The lowest BCUT2D eigenvalue weighted by Gasteiger charge is -2.06. The number of nitro benzene ring substituents is 1. The van der Waals surface area contributed by atoms with Crippen molar-refractivity contribution < 1.29 is 14.2 Å². The maximum absolute atomic E-state index is 10.9. The average molecular weight is 329 g/mol. The van der Waals surface area contributed by atoms with E-state index in [9.17, 15) is 10.1 Å². The molecule has 0 aliphatic heterocycles. The SMILES string of the molecule is COc1nc(N)nc(N)c1-c1nc(-c2cccc([N+](=O)[O-])c2)no1. The molecule has 122 valence electrons. The number of nitrogens with two attached hydrogens (primary N) is 2. The van der Waals surface area contributed by atoms with E-state index in [2.05, 4.69) is 20.1 Å². The van der Waals surface area contributed by atoms with Gasteiger partial charge in [-0.3, -0.25) is 10.1 Å². The van der Waals surface area contributed by atoms with E-state index < -0.39 is 4.92 Å². The third-order valence-corrected chi connectivity index (χ3v) is 3.07. The van der Waals surface area contributed by atoms with Crippen molar-refractivity contribution in [3.63, 3.8) is 0 Å². The first kappa shape index (κ1) is 15.1. The Morgan fingerprint density at radius 1 is 1.25 bits per heavy atom. The highest BCUT2D eigenvalue weighted by atomic mass is 16.6. The molecule has 4 N–H and O–H groups in total. The molecule has 0 bridgehead atoms. The third-order valence-electron chi connectivity index (χ3n) is 3.07. The fourth-order valence-corrected chi connectivity index (χ4v) is 2.02. The number of anilines is 2. The van der Waals surface area contributed by atoms with Crippen LogP contribution in [0.3, 0.4) is 0 Å². The largest absolute Gasteiger partial charge is 0.480 e. The molecule has 0 fully saturated rings. The molecule has 0 aliphatic carbocycles. The van der Waals surface area contributed by atoms with Crippen LogP contribution in [0, 0.1) is 10.1 Å². The van der Waals surface area contributed by atoms with Crippen LogP contribution in [0.25, 0.3) is 22.8 Å². The average Bonchev–Trinajstić information content (AvgIpc) is 3.03. The van der Waals surface area contributed by atoms with Crippen molar-refractivity contribution >= 4 is 17.5 Å². The molecule has 0 atom stereocenters. The second-order valence-electron chi connectivity index (χ2n) is 4.58. The van der Waals surface area contributed by atoms with Gasteiger partial charge in [0.05, 0.1) is 12.0 Å². The first-order valence-electron chi connectivity index (χ1n) is 6.55. The van der Waals surface area contributed by atoms with Gasteiger partial charge in [0.2, 0.25) is 17.7 Å². The topological polar surface area (TPSA) is 169 Å². The highest BCUT2D eigenvalue weighted by Gasteiger charge is 2.21. The molecule has 24 heavy (non-hydrogen) atoms. The molecule has 0 amide bonds. The van der Waals surface area contributed by atoms with Gasteiger partial charge in [-0.25, -0.2) is 0 Å². The van der Waals surface area contributed by atoms with Crippen LogP contribution >= 0.6 is 0 Å². The molecule has 11 nitrogen and oxygen atoms in total. The number of aromatic nitrogens is 4. The molecule has 2 aromatic heterocycles. The van der Waals surface area contributed by atoms with Crippen LogP contribution < -0.4 is 16.2 Å². The molecule has 1 aromatic carbocycles. The van der Waals surface area contributed by atoms with Crippen molar-refractivity contribution in [3.05, 3.63) is 34.4 Å². The van der Waals surface area contributed by atoms with Gasteiger partial charge in [0.25, 0.3) is 11.6 Å². The summed E-state index contributed by atoms with van der Waals surface area (Å²) in [5.74, 6) is 0.173. The van der Waals surface area contributed by atoms with Gasteiger partial charge in [0, 0.05) is 17.7 Å². The highest BCUT2D eigenvalue weighted by Crippen LogP contribution is 2.33. The van der Waals surface area contributed by atoms with E-state index in [0.29, 0.717) is 5.56 Å². The van der Waals surface area contributed by atoms with Crippen LogP contribution in [0.15, 0.2) is 28.8 Å². The summed E-state index contributed by atoms with van der Waals surface area (Å²) in [5, 5.41) is 14.6. The smallest absolute Gasteiger partial charge is 0.270 e. The van der Waals surface area contributed by atoms with Crippen LogP contribution in [0.2, 0.25) is 0 Å². The number of nitrogens with zero attached hydrogens (tertiary/aromatic N) is 5. The Balaban J connectivity index is 2.06. The summed E-state index contributed by atoms with van der Waals surface area (Å²) >= 11 is 0. The fraction of sp³-hybridized carbons (Fsp3) is 0.0769. The number of hydrogen-bond donors (Lipinski definition) is 2. The van der Waals surface area contributed by atoms with E-state index in [1.807, 2.05) is 0 Å². The molecular weight excluding hydrogens is 318 g/mol. The lowest BCUT2D eigenvalue weighted by atomic mass is 10.2. The van der Waals surface area contributed by atoms with Gasteiger partial charge in [-0.2, -0.15) is 15.0 Å². The highest BCUT2D eigenvalue weighted by molar-refractivity contribution is 5.74. The van der Waals surface area contributed by atoms with Crippen molar-refractivity contribution in [2.45, 2.75) is 0 Å². The minimum Gasteiger partial charge on any atom is -0.480 e. The van der Waals surface area contributed by atoms with Crippen molar-refractivity contribution in [1.82, 2.24) is 20.1 Å². The van der Waals surface area contributed by atoms with Gasteiger partial charge in [0.1, 0.15) is 11.4 Å². The lowest BCUT2D eigenvalue weighted by molar-refractivity contribution is -0.384. The molecule has 2 heterocycles. The maximum atomic E-state index is 10.9. The van der Waals surface area contributed by atoms with Crippen LogP contribution in [-0.4, -0.2) is 32.1 Å². The number of methoxy groups -OCH3 is 1. The van der Waals surface area contributed by atoms with E-state index in [-0.39, 0.29) is 40.6 Å². The quantitative estimate of drug-likeness (QED) is 0.524. The number of hydrogen-bond acceptors (Lipinski definition) is 10. The monoisotopic (exact) mass is 329 g/mol. The molecule has 3 rings (SSSR count). The Labute approximate surface area is 134 Å². The van der Waals surface area contributed by atoms with Crippen molar-refractivity contribution in [3.8, 4) is 28.7 Å². The zero-order valence-corrected chi connectivity index (χ0v) is 12.3. The summed E-state index contributed by atoms with van der Waals surface area (Å²) in [5.41, 5.74) is 11.8. The molecule has 0 radical (unpaired) electrons. The van der Waals surface area contributed by atoms with Gasteiger partial charge in [0.15, 0.2) is 0 Å². The molecule has 0 aliphatic rings. The van der Waals surface area contributed by atoms with Gasteiger partial charge in [-0.15, -0.1) is 0 Å². The van der Waals surface area contributed by atoms with Gasteiger partial charge >= 0.3 is 0 Å². The molecular formula is C13H11N7O4. The van der Waals surface area contributed by atoms with E-state index in [4.69, 9.17) is 20.7 Å². The summed E-state index contributed by atoms with van der Waals surface area (Å²) < 4.78 is 10.3. The Bertz CT molecular complexity index is 924. The summed E-state index contributed by atoms with van der Waals surface area (Å²) in [7, 11) is 1.38. The maximum Gasteiger partial charge on any atom is 0.270 e. The van der Waals surface area contributed by atoms with E-state index >= 15 is 0 Å². The predicted molar refractivity (Wildman–Crippen MR) is 82.8 cm³/mol. The van der Waals surface area contributed by atoms with Crippen molar-refractivity contribution in [1.29, 1.82) is 0 Å². The molecule has 0 saturated carbocycles. The van der Waals surface area contributed by atoms with E-state index in [1.54, 1.807) is 6.07 Å². The Morgan fingerprint density at radius 2 is 2.04 bits per heavy atom. The Morgan fingerprint density at radius 3 is 2.75 bits per heavy atom. The molecule has 3 aromatic rings. The molecule has 0 spiro atoms. The van der Waals surface area contributed by atoms with E-state index in [0.717, 1.165) is 0 Å². The number of nitro groups is 1. The zero-order valence-electron chi connectivity index (χ0n) is 12.3. The van der Waals surface area contributed by atoms with E-state index in [1.165, 1.54) is 25.3 Å². The minimum atomic E-state index is -0.515. The lowest BCUT2D eigenvalue weighted by Crippen LogP contribution is -2.04. The first-order chi connectivity index (χ1) is 11.5. The summed E-state index contributed by atoms with van der Waals surface area (Å²) in [6.45, 7) is 0. The number of rotatable bonds is 4. The minimum absolute atomic E-state index is 0.00542. The number of ether oxygens (including phenoxy) is 1. The second kappa shape index (κ2) is 5.79. The fourth-order valence-electron chi connectivity index (χ4n) is 2.02. The van der Waals surface area contributed by atoms with Crippen molar-refractivity contribution in [2.24, 2.45) is 0 Å². The number of non-ortho nitro benzene ring substituents is 1. The Hall–Kier alpha value is -3.76. The first-order valence-corrected chi connectivity index (χ1v) is 6.55. The second-order valence-corrected chi connectivity index (χ2v) is 4.58. The van der Waals surface area contributed by atoms with Crippen LogP contribution in [0.1, 0.15) is 0 Å². The van der Waals surface area contributed by atoms with Crippen LogP contribution in [0.4, 0.5) is 17.5 Å². The normalized spacial score (nSPS) is 10.5. The molecule has 0 unspecified atom stereocenters. The van der Waals surface area contributed by atoms with Gasteiger partial charge in [-0.05, 0) is 0 Å². The summed E-state index contributed by atoms with van der Waals surface area (Å²) in [6.07, 6.45) is 0. The zero-order chi connectivity index (χ0) is 17.3. The van der Waals surface area contributed by atoms with Gasteiger partial charge < -0.3 is 20.7 Å². The van der Waals surface area contributed by atoms with Gasteiger partial charge in [-0.1, -0.05) is 17.3 Å². The standard InChI is InChI=1S/C13H11N7O4/c1-23-11-8(9(14)16-13(15)18-11)12-17-10(19-24-12)6-3-2-4-7(5-6)20(21)22/h2-5H,1H3,(H4,14,15,16,18). The number of nitrogen functional groups attached to an aromatic ring is 2. The van der Waals surface area contributed by atoms with Crippen LogP contribution in [0.5, 0.6) is 5.88 Å². The number of benzene rings is 1.